The van der Waals surface area contributed by atoms with Crippen molar-refractivity contribution in [3.63, 3.8) is 0 Å². The average molecular weight is 310 g/mol. The van der Waals surface area contributed by atoms with Crippen LogP contribution >= 0.6 is 11.6 Å². The summed E-state index contributed by atoms with van der Waals surface area (Å²) in [5.41, 5.74) is 1.49. The van der Waals surface area contributed by atoms with Crippen molar-refractivity contribution in [3.05, 3.63) is 22.8 Å². The van der Waals surface area contributed by atoms with Gasteiger partial charge >= 0.3 is 0 Å². The molecule has 21 heavy (non-hydrogen) atoms. The molecule has 2 rings (SSSR count). The van der Waals surface area contributed by atoms with E-state index in [2.05, 4.69) is 43.0 Å². The van der Waals surface area contributed by atoms with Crippen LogP contribution in [0, 0.1) is 5.41 Å². The number of rotatable bonds is 5. The Morgan fingerprint density at radius 2 is 2.00 bits per heavy atom. The maximum Gasteiger partial charge on any atom is 0.126 e. The van der Waals surface area contributed by atoms with E-state index in [1.54, 1.807) is 0 Å². The second-order valence-corrected chi connectivity index (χ2v) is 7.37. The predicted molar refractivity (Wildman–Crippen MR) is 90.9 cm³/mol. The minimum Gasteiger partial charge on any atom is -0.370 e. The first kappa shape index (κ1) is 16.6. The summed E-state index contributed by atoms with van der Waals surface area (Å²) in [6.07, 6.45) is 5.16. The SMILES string of the molecule is CCNc1ccc(Cl)c(CN(C)C2CCC(C)(C)CC2)n1. The molecule has 1 aromatic heterocycles. The number of hydrogen-bond donors (Lipinski definition) is 1. The van der Waals surface area contributed by atoms with Crippen molar-refractivity contribution in [1.29, 1.82) is 0 Å². The lowest BCUT2D eigenvalue weighted by Crippen LogP contribution is -2.37. The van der Waals surface area contributed by atoms with Gasteiger partial charge in [-0.3, -0.25) is 4.90 Å². The van der Waals surface area contributed by atoms with Crippen molar-refractivity contribution >= 4 is 17.4 Å². The summed E-state index contributed by atoms with van der Waals surface area (Å²) in [6, 6.07) is 4.54. The lowest BCUT2D eigenvalue weighted by molar-refractivity contribution is 0.122. The Bertz CT molecular complexity index is 463. The highest BCUT2D eigenvalue weighted by atomic mass is 35.5. The molecule has 0 amide bonds. The zero-order valence-electron chi connectivity index (χ0n) is 13.7. The van der Waals surface area contributed by atoms with E-state index in [1.807, 2.05) is 12.1 Å². The quantitative estimate of drug-likeness (QED) is 0.863. The van der Waals surface area contributed by atoms with Crippen molar-refractivity contribution in [2.75, 3.05) is 18.9 Å². The molecule has 0 atom stereocenters. The van der Waals surface area contributed by atoms with E-state index in [0.29, 0.717) is 11.5 Å². The third-order valence-electron chi connectivity index (χ3n) is 4.61. The van der Waals surface area contributed by atoms with E-state index in [4.69, 9.17) is 11.6 Å². The van der Waals surface area contributed by atoms with Crippen LogP contribution < -0.4 is 5.32 Å². The monoisotopic (exact) mass is 309 g/mol. The van der Waals surface area contributed by atoms with E-state index in [-0.39, 0.29) is 0 Å². The number of aromatic nitrogens is 1. The van der Waals surface area contributed by atoms with Crippen LogP contribution in [0.2, 0.25) is 5.02 Å². The van der Waals surface area contributed by atoms with Gasteiger partial charge in [0.25, 0.3) is 0 Å². The zero-order chi connectivity index (χ0) is 15.5. The van der Waals surface area contributed by atoms with Crippen molar-refractivity contribution in [1.82, 2.24) is 9.88 Å². The van der Waals surface area contributed by atoms with Gasteiger partial charge in [-0.2, -0.15) is 0 Å². The molecular weight excluding hydrogens is 282 g/mol. The van der Waals surface area contributed by atoms with Gasteiger partial charge in [0.1, 0.15) is 5.82 Å². The molecule has 0 radical (unpaired) electrons. The molecule has 0 spiro atoms. The Morgan fingerprint density at radius 3 is 2.62 bits per heavy atom. The summed E-state index contributed by atoms with van der Waals surface area (Å²) in [7, 11) is 2.20. The van der Waals surface area contributed by atoms with Gasteiger partial charge in [-0.05, 0) is 57.2 Å². The average Bonchev–Trinajstić information content (AvgIpc) is 2.42. The van der Waals surface area contributed by atoms with Gasteiger partial charge < -0.3 is 5.32 Å². The van der Waals surface area contributed by atoms with Crippen molar-refractivity contribution in [2.24, 2.45) is 5.41 Å². The predicted octanol–water partition coefficient (Wildman–Crippen LogP) is 4.57. The summed E-state index contributed by atoms with van der Waals surface area (Å²) in [4.78, 5) is 7.06. The van der Waals surface area contributed by atoms with Gasteiger partial charge in [0.2, 0.25) is 0 Å². The van der Waals surface area contributed by atoms with Crippen LogP contribution in [0.5, 0.6) is 0 Å². The number of hydrogen-bond acceptors (Lipinski definition) is 3. The molecular formula is C17H28ClN3. The number of halogens is 1. The molecule has 0 unspecified atom stereocenters. The first-order chi connectivity index (χ1) is 9.91. The van der Waals surface area contributed by atoms with Crippen LogP contribution in [0.1, 0.15) is 52.1 Å². The minimum atomic E-state index is 0.512. The van der Waals surface area contributed by atoms with Crippen LogP contribution in [0.25, 0.3) is 0 Å². The van der Waals surface area contributed by atoms with Gasteiger partial charge in [0, 0.05) is 19.1 Å². The fraction of sp³-hybridized carbons (Fsp3) is 0.706. The lowest BCUT2D eigenvalue weighted by Gasteiger charge is -2.38. The van der Waals surface area contributed by atoms with Crippen molar-refractivity contribution in [2.45, 2.75) is 59.0 Å². The highest BCUT2D eigenvalue weighted by Crippen LogP contribution is 2.37. The van der Waals surface area contributed by atoms with E-state index in [0.717, 1.165) is 29.6 Å². The molecule has 0 aromatic carbocycles. The summed E-state index contributed by atoms with van der Waals surface area (Å²) in [5, 5.41) is 4.01. The Hall–Kier alpha value is -0.800. The fourth-order valence-electron chi connectivity index (χ4n) is 3.06. The summed E-state index contributed by atoms with van der Waals surface area (Å²) < 4.78 is 0. The molecule has 1 fully saturated rings. The molecule has 0 aliphatic heterocycles. The standard InChI is InChI=1S/C17H28ClN3/c1-5-19-16-7-6-14(18)15(20-16)12-21(4)13-8-10-17(2,3)11-9-13/h6-7,13H,5,8-12H2,1-4H3,(H,19,20). The van der Waals surface area contributed by atoms with E-state index < -0.39 is 0 Å². The molecule has 4 heteroatoms. The molecule has 3 nitrogen and oxygen atoms in total. The van der Waals surface area contributed by atoms with Crippen LogP contribution in [0.3, 0.4) is 0 Å². The molecule has 0 bridgehead atoms. The summed E-state index contributed by atoms with van der Waals surface area (Å²) >= 11 is 6.31. The van der Waals surface area contributed by atoms with E-state index in [9.17, 15) is 0 Å². The smallest absolute Gasteiger partial charge is 0.126 e. The minimum absolute atomic E-state index is 0.512. The van der Waals surface area contributed by atoms with Gasteiger partial charge in [0.15, 0.2) is 0 Å². The normalized spacial score (nSPS) is 19.0. The highest BCUT2D eigenvalue weighted by Gasteiger charge is 2.29. The summed E-state index contributed by atoms with van der Waals surface area (Å²) in [5.74, 6) is 0.912. The number of nitrogens with zero attached hydrogens (tertiary/aromatic N) is 2. The number of pyridine rings is 1. The van der Waals surface area contributed by atoms with Crippen LogP contribution in [-0.2, 0) is 6.54 Å². The molecule has 0 saturated heterocycles. The first-order valence-electron chi connectivity index (χ1n) is 8.01. The third kappa shape index (κ3) is 4.58. The number of nitrogens with one attached hydrogen (secondary N) is 1. The number of anilines is 1. The third-order valence-corrected chi connectivity index (χ3v) is 4.95. The molecule has 118 valence electrons. The molecule has 1 heterocycles. The molecule has 1 saturated carbocycles. The molecule has 1 N–H and O–H groups in total. The molecule has 1 aliphatic carbocycles. The maximum absolute atomic E-state index is 6.31. The van der Waals surface area contributed by atoms with Crippen LogP contribution in [-0.4, -0.2) is 29.5 Å². The van der Waals surface area contributed by atoms with E-state index in [1.165, 1.54) is 25.7 Å². The van der Waals surface area contributed by atoms with Gasteiger partial charge in [-0.1, -0.05) is 25.4 Å². The van der Waals surface area contributed by atoms with Crippen LogP contribution in [0.15, 0.2) is 12.1 Å². The largest absolute Gasteiger partial charge is 0.370 e. The fourth-order valence-corrected chi connectivity index (χ4v) is 3.23. The van der Waals surface area contributed by atoms with Gasteiger partial charge in [-0.15, -0.1) is 0 Å². The van der Waals surface area contributed by atoms with Gasteiger partial charge in [-0.25, -0.2) is 4.98 Å². The van der Waals surface area contributed by atoms with Crippen molar-refractivity contribution < 1.29 is 0 Å². The first-order valence-corrected chi connectivity index (χ1v) is 8.38. The van der Waals surface area contributed by atoms with Crippen LogP contribution in [0.4, 0.5) is 5.82 Å². The van der Waals surface area contributed by atoms with Gasteiger partial charge in [0.05, 0.1) is 10.7 Å². The lowest BCUT2D eigenvalue weighted by atomic mass is 9.75. The topological polar surface area (TPSA) is 28.2 Å². The Kier molecular flexibility index (Phi) is 5.50. The van der Waals surface area contributed by atoms with E-state index >= 15 is 0 Å². The second-order valence-electron chi connectivity index (χ2n) is 6.97. The highest BCUT2D eigenvalue weighted by molar-refractivity contribution is 6.31. The second kappa shape index (κ2) is 6.97. The molecule has 1 aliphatic rings. The Morgan fingerprint density at radius 1 is 1.33 bits per heavy atom. The zero-order valence-corrected chi connectivity index (χ0v) is 14.5. The maximum atomic E-state index is 6.31. The Balaban J connectivity index is 1.99. The Labute approximate surface area is 134 Å². The molecule has 1 aromatic rings. The van der Waals surface area contributed by atoms with Crippen molar-refractivity contribution in [3.8, 4) is 0 Å². The summed E-state index contributed by atoms with van der Waals surface area (Å²) in [6.45, 7) is 8.53.